The molecule has 2 aromatic rings. The van der Waals surface area contributed by atoms with Gasteiger partial charge in [0, 0.05) is 13.1 Å². The molecule has 6 heteroatoms. The van der Waals surface area contributed by atoms with E-state index in [0.29, 0.717) is 12.6 Å². The zero-order valence-corrected chi connectivity index (χ0v) is 14.5. The van der Waals surface area contributed by atoms with Gasteiger partial charge >= 0.3 is 6.09 Å². The molecule has 1 N–H and O–H groups in total. The summed E-state index contributed by atoms with van der Waals surface area (Å²) in [4.78, 5) is 18.7. The summed E-state index contributed by atoms with van der Waals surface area (Å²) in [5, 5.41) is 3.22. The Morgan fingerprint density at radius 2 is 2.17 bits per heavy atom. The molecule has 0 radical (unpaired) electrons. The number of hydrogen-bond acceptors (Lipinski definition) is 5. The number of carbonyl (C=O) groups is 1. The van der Waals surface area contributed by atoms with Crippen molar-refractivity contribution in [2.45, 2.75) is 51.7 Å². The van der Waals surface area contributed by atoms with E-state index in [1.54, 1.807) is 0 Å². The van der Waals surface area contributed by atoms with Crippen molar-refractivity contribution in [1.29, 1.82) is 0 Å². The topological polar surface area (TPSA) is 67.6 Å². The van der Waals surface area contributed by atoms with Gasteiger partial charge in [-0.1, -0.05) is 12.1 Å². The summed E-state index contributed by atoms with van der Waals surface area (Å²) in [6.07, 6.45) is 2.83. The van der Waals surface area contributed by atoms with E-state index in [2.05, 4.69) is 10.3 Å². The predicted molar refractivity (Wildman–Crippen MR) is 93.1 cm³/mol. The lowest BCUT2D eigenvalue weighted by Gasteiger charge is -2.36. The Balaban J connectivity index is 1.64. The smallest absolute Gasteiger partial charge is 0.410 e. The maximum Gasteiger partial charge on any atom is 0.410 e. The SMILES string of the molecule is CC(C)(C)OC(=O)N1CCCC[C@H]1CNc1nc2ccccc2o1. The number of piperidine rings is 1. The van der Waals surface area contributed by atoms with Crippen molar-refractivity contribution in [3.8, 4) is 0 Å². The summed E-state index contributed by atoms with van der Waals surface area (Å²) in [5.41, 5.74) is 1.10. The van der Waals surface area contributed by atoms with Gasteiger partial charge < -0.3 is 19.4 Å². The van der Waals surface area contributed by atoms with Crippen LogP contribution in [0.3, 0.4) is 0 Å². The highest BCUT2D eigenvalue weighted by Gasteiger charge is 2.30. The summed E-state index contributed by atoms with van der Waals surface area (Å²) in [6.45, 7) is 7.00. The molecule has 1 aliphatic heterocycles. The highest BCUT2D eigenvalue weighted by Crippen LogP contribution is 2.22. The zero-order chi connectivity index (χ0) is 17.2. The van der Waals surface area contributed by atoms with E-state index < -0.39 is 5.60 Å². The lowest BCUT2D eigenvalue weighted by atomic mass is 10.0. The maximum atomic E-state index is 12.4. The highest BCUT2D eigenvalue weighted by atomic mass is 16.6. The van der Waals surface area contributed by atoms with Crippen LogP contribution in [-0.4, -0.2) is 40.7 Å². The van der Waals surface area contributed by atoms with Crippen LogP contribution in [0.25, 0.3) is 11.1 Å². The first-order valence-corrected chi connectivity index (χ1v) is 8.51. The van der Waals surface area contributed by atoms with Crippen LogP contribution in [-0.2, 0) is 4.74 Å². The fourth-order valence-corrected chi connectivity index (χ4v) is 2.93. The predicted octanol–water partition coefficient (Wildman–Crippen LogP) is 4.03. The maximum absolute atomic E-state index is 12.4. The first-order chi connectivity index (χ1) is 11.4. The Labute approximate surface area is 142 Å². The number of ether oxygens (including phenoxy) is 1. The van der Waals surface area contributed by atoms with Gasteiger partial charge in [-0.05, 0) is 52.2 Å². The number of rotatable bonds is 3. The average molecular weight is 331 g/mol. The normalized spacial score (nSPS) is 18.6. The van der Waals surface area contributed by atoms with Crippen molar-refractivity contribution in [1.82, 2.24) is 9.88 Å². The minimum Gasteiger partial charge on any atom is -0.444 e. The number of nitrogens with zero attached hydrogens (tertiary/aromatic N) is 2. The summed E-state index contributed by atoms with van der Waals surface area (Å²) in [7, 11) is 0. The average Bonchev–Trinajstić information content (AvgIpc) is 2.94. The fraction of sp³-hybridized carbons (Fsp3) is 0.556. The standard InChI is InChI=1S/C18H25N3O3/c1-18(2,3)24-17(22)21-11-7-6-8-13(21)12-19-16-20-14-9-4-5-10-15(14)23-16/h4-5,9-10,13H,6-8,11-12H2,1-3H3,(H,19,20)/t13-/m0/s1. The van der Waals surface area contributed by atoms with E-state index in [4.69, 9.17) is 9.15 Å². The van der Waals surface area contributed by atoms with Crippen molar-refractivity contribution in [3.63, 3.8) is 0 Å². The number of oxazole rings is 1. The number of nitrogens with one attached hydrogen (secondary N) is 1. The van der Waals surface area contributed by atoms with E-state index in [1.807, 2.05) is 49.9 Å². The second-order valence-corrected chi connectivity index (χ2v) is 7.19. The Bertz CT molecular complexity index is 672. The number of benzene rings is 1. The van der Waals surface area contributed by atoms with Crippen molar-refractivity contribution in [2.24, 2.45) is 0 Å². The Hall–Kier alpha value is -2.24. The molecule has 2 heterocycles. The second kappa shape index (κ2) is 6.71. The molecule has 1 fully saturated rings. The molecule has 1 amide bonds. The highest BCUT2D eigenvalue weighted by molar-refractivity contribution is 5.74. The summed E-state index contributed by atoms with van der Waals surface area (Å²) >= 11 is 0. The van der Waals surface area contributed by atoms with Gasteiger partial charge in [0.2, 0.25) is 0 Å². The molecule has 0 aliphatic carbocycles. The lowest BCUT2D eigenvalue weighted by molar-refractivity contribution is 0.0113. The molecule has 0 saturated carbocycles. The molecule has 0 bridgehead atoms. The van der Waals surface area contributed by atoms with Gasteiger partial charge in [0.15, 0.2) is 5.58 Å². The third-order valence-electron chi connectivity index (χ3n) is 4.04. The zero-order valence-electron chi connectivity index (χ0n) is 14.5. The van der Waals surface area contributed by atoms with Crippen molar-refractivity contribution >= 4 is 23.2 Å². The van der Waals surface area contributed by atoms with Gasteiger partial charge in [0.1, 0.15) is 11.1 Å². The number of likely N-dealkylation sites (tertiary alicyclic amines) is 1. The number of hydrogen-bond donors (Lipinski definition) is 1. The van der Waals surface area contributed by atoms with Gasteiger partial charge in [0.05, 0.1) is 6.04 Å². The van der Waals surface area contributed by atoms with E-state index in [0.717, 1.165) is 36.9 Å². The van der Waals surface area contributed by atoms with E-state index in [-0.39, 0.29) is 12.1 Å². The van der Waals surface area contributed by atoms with E-state index >= 15 is 0 Å². The number of para-hydroxylation sites is 2. The summed E-state index contributed by atoms with van der Waals surface area (Å²) < 4.78 is 11.2. The minimum atomic E-state index is -0.479. The molecular formula is C18H25N3O3. The summed E-state index contributed by atoms with van der Waals surface area (Å²) in [6, 6.07) is 8.23. The number of aromatic nitrogens is 1. The largest absolute Gasteiger partial charge is 0.444 e. The first-order valence-electron chi connectivity index (χ1n) is 8.51. The number of amides is 1. The molecule has 24 heavy (non-hydrogen) atoms. The van der Waals surface area contributed by atoms with Crippen molar-refractivity contribution in [3.05, 3.63) is 24.3 Å². The minimum absolute atomic E-state index is 0.0867. The summed E-state index contributed by atoms with van der Waals surface area (Å²) in [5.74, 6) is 0. The van der Waals surface area contributed by atoms with Crippen LogP contribution in [0.1, 0.15) is 40.0 Å². The first kappa shape index (κ1) is 16.6. The van der Waals surface area contributed by atoms with Crippen LogP contribution in [0, 0.1) is 0 Å². The number of fused-ring (bicyclic) bond motifs is 1. The lowest BCUT2D eigenvalue weighted by Crippen LogP contribution is -2.48. The molecule has 6 nitrogen and oxygen atoms in total. The van der Waals surface area contributed by atoms with Gasteiger partial charge in [-0.3, -0.25) is 0 Å². The van der Waals surface area contributed by atoms with Crippen LogP contribution in [0.4, 0.5) is 10.8 Å². The second-order valence-electron chi connectivity index (χ2n) is 7.19. The van der Waals surface area contributed by atoms with Crippen LogP contribution in [0.2, 0.25) is 0 Å². The van der Waals surface area contributed by atoms with Gasteiger partial charge in [-0.2, -0.15) is 4.98 Å². The number of carbonyl (C=O) groups excluding carboxylic acids is 1. The third-order valence-corrected chi connectivity index (χ3v) is 4.04. The van der Waals surface area contributed by atoms with Crippen LogP contribution < -0.4 is 5.32 Å². The molecule has 1 aliphatic rings. The van der Waals surface area contributed by atoms with Gasteiger partial charge in [-0.25, -0.2) is 4.79 Å². The molecule has 1 aromatic carbocycles. The molecule has 0 spiro atoms. The monoisotopic (exact) mass is 331 g/mol. The van der Waals surface area contributed by atoms with Crippen molar-refractivity contribution < 1.29 is 13.9 Å². The Morgan fingerprint density at radius 3 is 2.92 bits per heavy atom. The third kappa shape index (κ3) is 3.99. The van der Waals surface area contributed by atoms with E-state index in [1.165, 1.54) is 0 Å². The molecule has 0 unspecified atom stereocenters. The number of anilines is 1. The van der Waals surface area contributed by atoms with Crippen LogP contribution in [0.5, 0.6) is 0 Å². The quantitative estimate of drug-likeness (QED) is 0.919. The van der Waals surface area contributed by atoms with Crippen molar-refractivity contribution in [2.75, 3.05) is 18.4 Å². The molecule has 1 atom stereocenters. The van der Waals surface area contributed by atoms with Gasteiger partial charge in [-0.15, -0.1) is 0 Å². The van der Waals surface area contributed by atoms with Crippen LogP contribution >= 0.6 is 0 Å². The molecule has 3 rings (SSSR count). The fourth-order valence-electron chi connectivity index (χ4n) is 2.93. The molecule has 130 valence electrons. The van der Waals surface area contributed by atoms with E-state index in [9.17, 15) is 4.79 Å². The Kier molecular flexibility index (Phi) is 4.64. The molecular weight excluding hydrogens is 306 g/mol. The molecule has 1 saturated heterocycles. The van der Waals surface area contributed by atoms with Gasteiger partial charge in [0.25, 0.3) is 6.01 Å². The Morgan fingerprint density at radius 1 is 1.38 bits per heavy atom. The van der Waals surface area contributed by atoms with Crippen LogP contribution in [0.15, 0.2) is 28.7 Å². The molecule has 1 aromatic heterocycles.